The zero-order chi connectivity index (χ0) is 19.3. The lowest BCUT2D eigenvalue weighted by atomic mass is 10.1. The lowest BCUT2D eigenvalue weighted by Gasteiger charge is -2.28. The number of carbonyl (C=O) groups is 1. The maximum atomic E-state index is 13.0. The van der Waals surface area contributed by atoms with Gasteiger partial charge in [0.05, 0.1) is 24.5 Å². The van der Waals surface area contributed by atoms with Crippen LogP contribution in [0.3, 0.4) is 0 Å². The Kier molecular flexibility index (Phi) is 4.05. The summed E-state index contributed by atoms with van der Waals surface area (Å²) in [4.78, 5) is 19.1. The predicted octanol–water partition coefficient (Wildman–Crippen LogP) is 1.84. The van der Waals surface area contributed by atoms with Crippen LogP contribution < -0.4 is 0 Å². The normalized spacial score (nSPS) is 16.7. The van der Waals surface area contributed by atoms with Crippen LogP contribution in [0.5, 0.6) is 0 Å². The SMILES string of the molecule is Cn1ccnc1C(O)c1cc2n(n1)CCN(C(=O)c1ccc3c(c1)CCC3)C2. The second kappa shape index (κ2) is 6.60. The van der Waals surface area contributed by atoms with Gasteiger partial charge in [-0.05, 0) is 48.6 Å². The van der Waals surface area contributed by atoms with Crippen LogP contribution >= 0.6 is 0 Å². The van der Waals surface area contributed by atoms with Crippen molar-refractivity contribution in [1.29, 1.82) is 0 Å². The molecule has 7 nitrogen and oxygen atoms in total. The highest BCUT2D eigenvalue weighted by molar-refractivity contribution is 5.94. The van der Waals surface area contributed by atoms with Crippen LogP contribution in [0.4, 0.5) is 0 Å². The van der Waals surface area contributed by atoms with Crippen molar-refractivity contribution in [2.45, 2.75) is 38.5 Å². The number of aliphatic hydroxyl groups excluding tert-OH is 1. The van der Waals surface area contributed by atoms with E-state index in [1.54, 1.807) is 17.0 Å². The van der Waals surface area contributed by atoms with Crippen LogP contribution in [-0.2, 0) is 33.0 Å². The third-order valence-corrected chi connectivity index (χ3v) is 5.83. The van der Waals surface area contributed by atoms with Gasteiger partial charge in [0.2, 0.25) is 0 Å². The molecule has 3 heterocycles. The first-order valence-electron chi connectivity index (χ1n) is 9.73. The number of benzene rings is 1. The number of rotatable bonds is 3. The smallest absolute Gasteiger partial charge is 0.254 e. The Labute approximate surface area is 163 Å². The van der Waals surface area contributed by atoms with Crippen molar-refractivity contribution >= 4 is 5.91 Å². The van der Waals surface area contributed by atoms with Gasteiger partial charge in [0.1, 0.15) is 5.82 Å². The molecule has 0 saturated heterocycles. The molecule has 2 aromatic heterocycles. The molecule has 144 valence electrons. The van der Waals surface area contributed by atoms with Crippen LogP contribution in [0, 0.1) is 0 Å². The molecule has 1 aliphatic carbocycles. The molecular formula is C21H23N5O2. The van der Waals surface area contributed by atoms with Crippen LogP contribution in [-0.4, -0.2) is 41.8 Å². The molecule has 1 atom stereocenters. The fourth-order valence-corrected chi connectivity index (χ4v) is 4.26. The van der Waals surface area contributed by atoms with E-state index in [0.717, 1.165) is 24.1 Å². The fraction of sp³-hybridized carbons (Fsp3) is 0.381. The van der Waals surface area contributed by atoms with E-state index in [2.05, 4.69) is 22.2 Å². The monoisotopic (exact) mass is 377 g/mol. The molecule has 1 N–H and O–H groups in total. The van der Waals surface area contributed by atoms with Crippen molar-refractivity contribution in [2.75, 3.05) is 6.54 Å². The van der Waals surface area contributed by atoms with Crippen molar-refractivity contribution in [1.82, 2.24) is 24.2 Å². The second-order valence-electron chi connectivity index (χ2n) is 7.65. The Hall–Kier alpha value is -2.93. The van der Waals surface area contributed by atoms with Gasteiger partial charge in [0, 0.05) is 31.5 Å². The number of hydrogen-bond acceptors (Lipinski definition) is 4. The van der Waals surface area contributed by atoms with E-state index in [4.69, 9.17) is 0 Å². The molecule has 1 aromatic carbocycles. The second-order valence-corrected chi connectivity index (χ2v) is 7.65. The number of hydrogen-bond donors (Lipinski definition) is 1. The van der Waals surface area contributed by atoms with Crippen molar-refractivity contribution in [3.05, 3.63) is 70.6 Å². The third-order valence-electron chi connectivity index (χ3n) is 5.83. The summed E-state index contributed by atoms with van der Waals surface area (Å²) in [5, 5.41) is 15.2. The highest BCUT2D eigenvalue weighted by atomic mass is 16.3. The van der Waals surface area contributed by atoms with Gasteiger partial charge >= 0.3 is 0 Å². The molecule has 0 saturated carbocycles. The van der Waals surface area contributed by atoms with Crippen LogP contribution in [0.25, 0.3) is 0 Å². The lowest BCUT2D eigenvalue weighted by molar-refractivity contribution is 0.0705. The number of fused-ring (bicyclic) bond motifs is 2. The first-order chi connectivity index (χ1) is 13.6. The molecule has 0 bridgehead atoms. The molecule has 0 radical (unpaired) electrons. The van der Waals surface area contributed by atoms with E-state index >= 15 is 0 Å². The number of carbonyl (C=O) groups excluding carboxylic acids is 1. The van der Waals surface area contributed by atoms with E-state index in [1.807, 2.05) is 28.8 Å². The lowest BCUT2D eigenvalue weighted by Crippen LogP contribution is -2.38. The summed E-state index contributed by atoms with van der Waals surface area (Å²) in [5.41, 5.74) is 4.96. The standard InChI is InChI=1S/C21H23N5O2/c1-24-8-7-22-20(24)19(27)18-12-17-13-25(9-10-26(17)23-18)21(28)16-6-5-14-3-2-4-15(14)11-16/h5-8,11-12,19,27H,2-4,9-10,13H2,1H3. The minimum absolute atomic E-state index is 0.0633. The molecule has 7 heteroatoms. The quantitative estimate of drug-likeness (QED) is 0.756. The fourth-order valence-electron chi connectivity index (χ4n) is 4.26. The summed E-state index contributed by atoms with van der Waals surface area (Å²) < 4.78 is 3.67. The van der Waals surface area contributed by atoms with Crippen molar-refractivity contribution in [3.8, 4) is 0 Å². The molecule has 1 amide bonds. The van der Waals surface area contributed by atoms with Crippen molar-refractivity contribution < 1.29 is 9.90 Å². The number of amides is 1. The summed E-state index contributed by atoms with van der Waals surface area (Å²) >= 11 is 0. The Morgan fingerprint density at radius 3 is 2.86 bits per heavy atom. The zero-order valence-electron chi connectivity index (χ0n) is 15.9. The molecule has 0 spiro atoms. The van der Waals surface area contributed by atoms with Gasteiger partial charge in [-0.15, -0.1) is 0 Å². The van der Waals surface area contributed by atoms with E-state index in [0.29, 0.717) is 31.2 Å². The first kappa shape index (κ1) is 17.2. The molecule has 1 unspecified atom stereocenters. The average molecular weight is 377 g/mol. The van der Waals surface area contributed by atoms with Crippen molar-refractivity contribution in [2.24, 2.45) is 7.05 Å². The summed E-state index contributed by atoms with van der Waals surface area (Å²) in [6.07, 6.45) is 5.94. The minimum Gasteiger partial charge on any atom is -0.379 e. The minimum atomic E-state index is -0.876. The zero-order valence-corrected chi connectivity index (χ0v) is 15.9. The Morgan fingerprint density at radius 1 is 1.18 bits per heavy atom. The largest absolute Gasteiger partial charge is 0.379 e. The van der Waals surface area contributed by atoms with Gasteiger partial charge in [-0.1, -0.05) is 6.07 Å². The molecule has 3 aromatic rings. The van der Waals surface area contributed by atoms with Gasteiger partial charge in [-0.3, -0.25) is 9.48 Å². The Balaban J connectivity index is 1.36. The summed E-state index contributed by atoms with van der Waals surface area (Å²) in [6.45, 7) is 1.73. The molecule has 28 heavy (non-hydrogen) atoms. The molecular weight excluding hydrogens is 354 g/mol. The third kappa shape index (κ3) is 2.82. The molecule has 0 fully saturated rings. The van der Waals surface area contributed by atoms with Crippen LogP contribution in [0.2, 0.25) is 0 Å². The highest BCUT2D eigenvalue weighted by Crippen LogP contribution is 2.26. The first-order valence-corrected chi connectivity index (χ1v) is 9.73. The van der Waals surface area contributed by atoms with Gasteiger partial charge in [-0.2, -0.15) is 5.10 Å². The topological polar surface area (TPSA) is 76.2 Å². The Morgan fingerprint density at radius 2 is 2.04 bits per heavy atom. The van der Waals surface area contributed by atoms with E-state index in [-0.39, 0.29) is 5.91 Å². The summed E-state index contributed by atoms with van der Waals surface area (Å²) in [5.74, 6) is 0.620. The maximum absolute atomic E-state index is 13.0. The Bertz CT molecular complexity index is 1050. The number of imidazole rings is 1. The number of nitrogens with zero attached hydrogens (tertiary/aromatic N) is 5. The number of aromatic nitrogens is 4. The number of aryl methyl sites for hydroxylation is 3. The molecule has 2 aliphatic rings. The van der Waals surface area contributed by atoms with Gasteiger partial charge in [-0.25, -0.2) is 4.98 Å². The molecule has 5 rings (SSSR count). The van der Waals surface area contributed by atoms with Gasteiger partial charge in [0.25, 0.3) is 5.91 Å². The predicted molar refractivity (Wildman–Crippen MR) is 103 cm³/mol. The van der Waals surface area contributed by atoms with Crippen molar-refractivity contribution in [3.63, 3.8) is 0 Å². The summed E-state index contributed by atoms with van der Waals surface area (Å²) in [6, 6.07) is 7.99. The summed E-state index contributed by atoms with van der Waals surface area (Å²) in [7, 11) is 1.85. The number of aliphatic hydroxyl groups is 1. The van der Waals surface area contributed by atoms with Crippen LogP contribution in [0.15, 0.2) is 36.7 Å². The van der Waals surface area contributed by atoms with Crippen LogP contribution in [0.1, 0.15) is 51.2 Å². The van der Waals surface area contributed by atoms with E-state index in [1.165, 1.54) is 17.5 Å². The highest BCUT2D eigenvalue weighted by Gasteiger charge is 2.27. The maximum Gasteiger partial charge on any atom is 0.254 e. The molecule has 1 aliphatic heterocycles. The van der Waals surface area contributed by atoms with Gasteiger partial charge < -0.3 is 14.6 Å². The van der Waals surface area contributed by atoms with Gasteiger partial charge in [0.15, 0.2) is 6.10 Å². The van der Waals surface area contributed by atoms with E-state index in [9.17, 15) is 9.90 Å². The average Bonchev–Trinajstić information content (AvgIpc) is 3.44. The van der Waals surface area contributed by atoms with E-state index < -0.39 is 6.10 Å².